The van der Waals surface area contributed by atoms with Crippen LogP contribution in [0.1, 0.15) is 64.0 Å². The first-order valence-corrected chi connectivity index (χ1v) is 13.1. The van der Waals surface area contributed by atoms with Crippen molar-refractivity contribution >= 4 is 21.8 Å². The number of amides is 2. The minimum atomic E-state index is -3.61. The summed E-state index contributed by atoms with van der Waals surface area (Å²) in [5.41, 5.74) is 1.58. The Morgan fingerprint density at radius 2 is 1.69 bits per heavy atom. The van der Waals surface area contributed by atoms with Crippen molar-refractivity contribution in [2.24, 2.45) is 5.92 Å². The predicted molar refractivity (Wildman–Crippen MR) is 125 cm³/mol. The maximum Gasteiger partial charge on any atom is 0.243 e. The summed E-state index contributed by atoms with van der Waals surface area (Å²) in [6.45, 7) is 10.6. The van der Waals surface area contributed by atoms with E-state index < -0.39 is 10.0 Å². The lowest BCUT2D eigenvalue weighted by atomic mass is 9.87. The van der Waals surface area contributed by atoms with E-state index in [0.29, 0.717) is 43.8 Å². The number of aryl methyl sites for hydroxylation is 1. The fourth-order valence-corrected chi connectivity index (χ4v) is 6.12. The molecule has 1 aromatic rings. The molecule has 0 unspecified atom stereocenters. The second-order valence-corrected chi connectivity index (χ2v) is 11.9. The van der Waals surface area contributed by atoms with E-state index >= 15 is 0 Å². The molecule has 0 aromatic heterocycles. The number of nitrogens with one attached hydrogen (secondary N) is 1. The molecule has 0 saturated carbocycles. The van der Waals surface area contributed by atoms with E-state index in [2.05, 4.69) is 26.1 Å². The third-order valence-electron chi connectivity index (χ3n) is 6.59. The van der Waals surface area contributed by atoms with Gasteiger partial charge in [0.05, 0.1) is 4.90 Å². The van der Waals surface area contributed by atoms with Gasteiger partial charge in [-0.15, -0.1) is 0 Å². The van der Waals surface area contributed by atoms with Crippen molar-refractivity contribution in [1.29, 1.82) is 0 Å². The molecule has 0 aliphatic carbocycles. The summed E-state index contributed by atoms with van der Waals surface area (Å²) >= 11 is 0. The van der Waals surface area contributed by atoms with E-state index in [1.165, 1.54) is 4.31 Å². The van der Waals surface area contributed by atoms with Gasteiger partial charge in [-0.3, -0.25) is 9.59 Å². The largest absolute Gasteiger partial charge is 0.355 e. The van der Waals surface area contributed by atoms with Crippen LogP contribution in [-0.4, -0.2) is 62.2 Å². The van der Waals surface area contributed by atoms with Gasteiger partial charge in [-0.1, -0.05) is 32.9 Å². The molecule has 1 N–H and O–H groups in total. The van der Waals surface area contributed by atoms with Crippen molar-refractivity contribution < 1.29 is 18.0 Å². The van der Waals surface area contributed by atoms with Gasteiger partial charge in [-0.25, -0.2) is 8.42 Å². The van der Waals surface area contributed by atoms with E-state index in [0.717, 1.165) is 37.1 Å². The lowest BCUT2D eigenvalue weighted by Crippen LogP contribution is -2.43. The SMILES string of the molecule is Cc1ccc(C(C)(C)C)cc1S(=O)(=O)N1CCC(C(=O)NCCC(=O)N2CCCC2)CC1. The number of benzene rings is 1. The molecule has 3 rings (SSSR count). The van der Waals surface area contributed by atoms with E-state index in [-0.39, 0.29) is 23.1 Å². The second-order valence-electron chi connectivity index (χ2n) is 10.0. The number of nitrogens with zero attached hydrogens (tertiary/aromatic N) is 2. The second kappa shape index (κ2) is 9.91. The first-order chi connectivity index (χ1) is 15.0. The number of likely N-dealkylation sites (tertiary alicyclic amines) is 1. The standard InChI is InChI=1S/C24H37N3O4S/c1-18-7-8-20(24(2,3)4)17-21(18)32(30,31)27-15-10-19(11-16-27)23(29)25-12-9-22(28)26-13-5-6-14-26/h7-8,17,19H,5-6,9-16H2,1-4H3,(H,25,29). The van der Waals surface area contributed by atoms with Crippen LogP contribution >= 0.6 is 0 Å². The summed E-state index contributed by atoms with van der Waals surface area (Å²) in [6, 6.07) is 5.65. The molecule has 0 atom stereocenters. The van der Waals surface area contributed by atoms with Crippen LogP contribution in [0, 0.1) is 12.8 Å². The number of sulfonamides is 1. The Morgan fingerprint density at radius 1 is 1.06 bits per heavy atom. The zero-order valence-corrected chi connectivity index (χ0v) is 20.6. The highest BCUT2D eigenvalue weighted by atomic mass is 32.2. The van der Waals surface area contributed by atoms with Gasteiger partial charge in [0.2, 0.25) is 21.8 Å². The number of carbonyl (C=O) groups is 2. The molecule has 8 heteroatoms. The van der Waals surface area contributed by atoms with E-state index in [4.69, 9.17) is 0 Å². The average molecular weight is 464 g/mol. The van der Waals surface area contributed by atoms with Crippen molar-refractivity contribution in [2.45, 2.75) is 70.1 Å². The summed E-state index contributed by atoms with van der Waals surface area (Å²) in [7, 11) is -3.61. The van der Waals surface area contributed by atoms with Gasteiger partial charge in [0.15, 0.2) is 0 Å². The highest BCUT2D eigenvalue weighted by Crippen LogP contribution is 2.30. The molecule has 32 heavy (non-hydrogen) atoms. The normalized spacial score (nSPS) is 18.7. The number of rotatable bonds is 6. The smallest absolute Gasteiger partial charge is 0.243 e. The fourth-order valence-electron chi connectivity index (χ4n) is 4.40. The summed E-state index contributed by atoms with van der Waals surface area (Å²) in [6.07, 6.45) is 3.41. The number of hydrogen-bond acceptors (Lipinski definition) is 4. The molecule has 2 fully saturated rings. The maximum absolute atomic E-state index is 13.3. The first-order valence-electron chi connectivity index (χ1n) is 11.7. The van der Waals surface area contributed by atoms with Crippen LogP contribution in [-0.2, 0) is 25.0 Å². The molecule has 0 spiro atoms. The van der Waals surface area contributed by atoms with Gasteiger partial charge in [-0.2, -0.15) is 4.31 Å². The zero-order valence-electron chi connectivity index (χ0n) is 19.8. The quantitative estimate of drug-likeness (QED) is 0.703. The van der Waals surface area contributed by atoms with Crippen molar-refractivity contribution in [3.8, 4) is 0 Å². The molecule has 2 aliphatic rings. The summed E-state index contributed by atoms with van der Waals surface area (Å²) in [5, 5.41) is 2.87. The van der Waals surface area contributed by atoms with Crippen molar-refractivity contribution in [3.63, 3.8) is 0 Å². The van der Waals surface area contributed by atoms with E-state index in [9.17, 15) is 18.0 Å². The van der Waals surface area contributed by atoms with Crippen molar-refractivity contribution in [2.75, 3.05) is 32.7 Å². The summed E-state index contributed by atoms with van der Waals surface area (Å²) in [5.74, 6) is -0.205. The minimum absolute atomic E-state index is 0.0813. The number of hydrogen-bond donors (Lipinski definition) is 1. The van der Waals surface area contributed by atoms with Gasteiger partial charge in [0, 0.05) is 45.1 Å². The Balaban J connectivity index is 1.54. The van der Waals surface area contributed by atoms with Crippen LogP contribution in [0.25, 0.3) is 0 Å². The molecule has 2 aliphatic heterocycles. The van der Waals surface area contributed by atoms with E-state index in [1.807, 2.05) is 24.0 Å². The highest BCUT2D eigenvalue weighted by molar-refractivity contribution is 7.89. The molecular weight excluding hydrogens is 426 g/mol. The van der Waals surface area contributed by atoms with Gasteiger partial charge >= 0.3 is 0 Å². The van der Waals surface area contributed by atoms with Crippen LogP contribution in [0.3, 0.4) is 0 Å². The Bertz CT molecular complexity index is 938. The topological polar surface area (TPSA) is 86.8 Å². The first kappa shape index (κ1) is 24.7. The van der Waals surface area contributed by atoms with Gasteiger partial charge in [0.25, 0.3) is 0 Å². The molecule has 0 bridgehead atoms. The van der Waals surface area contributed by atoms with Crippen LogP contribution in [0.2, 0.25) is 0 Å². The third kappa shape index (κ3) is 5.70. The molecule has 1 aromatic carbocycles. The van der Waals surface area contributed by atoms with Gasteiger partial charge in [-0.05, 0) is 55.2 Å². The lowest BCUT2D eigenvalue weighted by Gasteiger charge is -2.31. The molecule has 0 radical (unpaired) electrons. The van der Waals surface area contributed by atoms with Crippen LogP contribution in [0.15, 0.2) is 23.1 Å². The highest BCUT2D eigenvalue weighted by Gasteiger charge is 2.33. The van der Waals surface area contributed by atoms with Gasteiger partial charge < -0.3 is 10.2 Å². The van der Waals surface area contributed by atoms with Gasteiger partial charge in [0.1, 0.15) is 0 Å². The molecular formula is C24H37N3O4S. The Labute approximate surface area is 192 Å². The predicted octanol–water partition coefficient (Wildman–Crippen LogP) is 2.82. The molecule has 2 saturated heterocycles. The maximum atomic E-state index is 13.3. The molecule has 2 heterocycles. The Hall–Kier alpha value is -1.93. The Morgan fingerprint density at radius 3 is 2.28 bits per heavy atom. The summed E-state index contributed by atoms with van der Waals surface area (Å²) < 4.78 is 28.1. The van der Waals surface area contributed by atoms with Crippen LogP contribution in [0.5, 0.6) is 0 Å². The van der Waals surface area contributed by atoms with Crippen LogP contribution in [0.4, 0.5) is 0 Å². The third-order valence-corrected chi connectivity index (χ3v) is 8.63. The zero-order chi connectivity index (χ0) is 23.5. The molecule has 7 nitrogen and oxygen atoms in total. The van der Waals surface area contributed by atoms with Crippen LogP contribution < -0.4 is 5.32 Å². The Kier molecular flexibility index (Phi) is 7.65. The minimum Gasteiger partial charge on any atom is -0.355 e. The lowest BCUT2D eigenvalue weighted by molar-refractivity contribution is -0.130. The monoisotopic (exact) mass is 463 g/mol. The van der Waals surface area contributed by atoms with Crippen molar-refractivity contribution in [1.82, 2.24) is 14.5 Å². The fraction of sp³-hybridized carbons (Fsp3) is 0.667. The number of carbonyl (C=O) groups excluding carboxylic acids is 2. The average Bonchev–Trinajstić information content (AvgIpc) is 3.28. The number of piperidine rings is 1. The van der Waals surface area contributed by atoms with Crippen molar-refractivity contribution in [3.05, 3.63) is 29.3 Å². The molecule has 2 amide bonds. The van der Waals surface area contributed by atoms with E-state index in [1.54, 1.807) is 6.07 Å². The summed E-state index contributed by atoms with van der Waals surface area (Å²) in [4.78, 5) is 26.8. The molecule has 178 valence electrons.